The lowest BCUT2D eigenvalue weighted by molar-refractivity contribution is -0.122. The Kier molecular flexibility index (Phi) is 4.02. The van der Waals surface area contributed by atoms with E-state index in [0.29, 0.717) is 18.9 Å². The Bertz CT molecular complexity index is 396. The molecule has 0 heterocycles. The number of carbonyl (C=O) groups is 1. The van der Waals surface area contributed by atoms with Crippen LogP contribution in [0.3, 0.4) is 0 Å². The van der Waals surface area contributed by atoms with Gasteiger partial charge >= 0.3 is 0 Å². The van der Waals surface area contributed by atoms with E-state index < -0.39 is 5.60 Å². The molecule has 98 valence electrons. The van der Waals surface area contributed by atoms with Gasteiger partial charge in [0, 0.05) is 13.0 Å². The first-order valence-electron chi connectivity index (χ1n) is 6.61. The van der Waals surface area contributed by atoms with Crippen molar-refractivity contribution in [3.63, 3.8) is 0 Å². The van der Waals surface area contributed by atoms with Crippen molar-refractivity contribution in [1.29, 1.82) is 0 Å². The quantitative estimate of drug-likeness (QED) is 0.806. The fourth-order valence-electron chi connectivity index (χ4n) is 2.12. The molecule has 3 nitrogen and oxygen atoms in total. The van der Waals surface area contributed by atoms with Crippen LogP contribution in [0.15, 0.2) is 30.3 Å². The number of nitrogens with one attached hydrogen (secondary N) is 1. The molecule has 0 aromatic heterocycles. The van der Waals surface area contributed by atoms with Gasteiger partial charge in [0.25, 0.3) is 0 Å². The van der Waals surface area contributed by atoms with Gasteiger partial charge < -0.3 is 10.4 Å². The van der Waals surface area contributed by atoms with E-state index in [1.54, 1.807) is 0 Å². The molecule has 2 rings (SSSR count). The van der Waals surface area contributed by atoms with Crippen molar-refractivity contribution in [2.24, 2.45) is 5.92 Å². The van der Waals surface area contributed by atoms with Crippen LogP contribution in [0.5, 0.6) is 0 Å². The second kappa shape index (κ2) is 5.53. The Balaban J connectivity index is 1.69. The summed E-state index contributed by atoms with van der Waals surface area (Å²) in [5.74, 6) is 0.381. The van der Waals surface area contributed by atoms with Gasteiger partial charge in [-0.1, -0.05) is 30.3 Å². The van der Waals surface area contributed by atoms with Crippen LogP contribution in [-0.2, 0) is 11.2 Å². The molecule has 1 aromatic rings. The highest BCUT2D eigenvalue weighted by Crippen LogP contribution is 2.38. The third-order valence-corrected chi connectivity index (χ3v) is 3.58. The maximum absolute atomic E-state index is 11.7. The zero-order valence-electron chi connectivity index (χ0n) is 10.9. The van der Waals surface area contributed by atoms with Gasteiger partial charge in [-0.15, -0.1) is 0 Å². The molecule has 1 aliphatic carbocycles. The monoisotopic (exact) mass is 247 g/mol. The van der Waals surface area contributed by atoms with Crippen LogP contribution in [-0.4, -0.2) is 23.2 Å². The number of aryl methyl sites for hydroxylation is 1. The molecule has 1 atom stereocenters. The molecule has 0 unspecified atom stereocenters. The van der Waals surface area contributed by atoms with Crippen molar-refractivity contribution < 1.29 is 9.90 Å². The summed E-state index contributed by atoms with van der Waals surface area (Å²) in [7, 11) is 0. The van der Waals surface area contributed by atoms with Crippen LogP contribution in [0.25, 0.3) is 0 Å². The van der Waals surface area contributed by atoms with E-state index in [9.17, 15) is 9.90 Å². The van der Waals surface area contributed by atoms with E-state index in [1.807, 2.05) is 37.3 Å². The number of amides is 1. The van der Waals surface area contributed by atoms with Crippen molar-refractivity contribution in [3.8, 4) is 0 Å². The lowest BCUT2D eigenvalue weighted by Crippen LogP contribution is -2.42. The van der Waals surface area contributed by atoms with Gasteiger partial charge in [0.15, 0.2) is 0 Å². The zero-order chi connectivity index (χ0) is 13.0. The topological polar surface area (TPSA) is 49.3 Å². The van der Waals surface area contributed by atoms with Gasteiger partial charge in [0.2, 0.25) is 5.91 Å². The number of benzene rings is 1. The molecule has 3 heteroatoms. The number of hydrogen-bond donors (Lipinski definition) is 2. The highest BCUT2D eigenvalue weighted by molar-refractivity contribution is 5.76. The van der Waals surface area contributed by atoms with Gasteiger partial charge in [-0.05, 0) is 37.7 Å². The first kappa shape index (κ1) is 13.1. The predicted molar refractivity (Wildman–Crippen MR) is 71.1 cm³/mol. The largest absolute Gasteiger partial charge is 0.388 e. The highest BCUT2D eigenvalue weighted by Gasteiger charge is 2.39. The highest BCUT2D eigenvalue weighted by atomic mass is 16.3. The summed E-state index contributed by atoms with van der Waals surface area (Å²) in [5, 5.41) is 12.9. The van der Waals surface area contributed by atoms with Crippen LogP contribution in [0.2, 0.25) is 0 Å². The van der Waals surface area contributed by atoms with Crippen molar-refractivity contribution in [2.75, 3.05) is 6.54 Å². The molecule has 0 spiro atoms. The van der Waals surface area contributed by atoms with Crippen molar-refractivity contribution in [3.05, 3.63) is 35.9 Å². The molecule has 2 N–H and O–H groups in total. The Morgan fingerprint density at radius 3 is 2.67 bits per heavy atom. The second-order valence-corrected chi connectivity index (χ2v) is 5.39. The molecular formula is C15H21NO2. The lowest BCUT2D eigenvalue weighted by atomic mass is 10.0. The molecule has 0 saturated heterocycles. The number of hydrogen-bond acceptors (Lipinski definition) is 2. The Hall–Kier alpha value is -1.35. The zero-order valence-corrected chi connectivity index (χ0v) is 10.9. The van der Waals surface area contributed by atoms with E-state index in [-0.39, 0.29) is 5.91 Å². The molecule has 0 radical (unpaired) electrons. The summed E-state index contributed by atoms with van der Waals surface area (Å²) in [6.07, 6.45) is 3.38. The average molecular weight is 247 g/mol. The van der Waals surface area contributed by atoms with E-state index in [4.69, 9.17) is 0 Å². The van der Waals surface area contributed by atoms with Crippen LogP contribution < -0.4 is 5.32 Å². The van der Waals surface area contributed by atoms with Gasteiger partial charge in [-0.25, -0.2) is 0 Å². The minimum Gasteiger partial charge on any atom is -0.388 e. The molecular weight excluding hydrogens is 226 g/mol. The van der Waals surface area contributed by atoms with Gasteiger partial charge in [0.1, 0.15) is 0 Å². The number of carbonyl (C=O) groups excluding carboxylic acids is 1. The lowest BCUT2D eigenvalue weighted by Gasteiger charge is -2.23. The molecule has 1 saturated carbocycles. The van der Waals surface area contributed by atoms with E-state index >= 15 is 0 Å². The standard InChI is InChI=1S/C15H21NO2/c1-15(18,13-8-9-13)11-16-14(17)10-7-12-5-3-2-4-6-12/h2-6,13,18H,7-11H2,1H3,(H,16,17)/t15-/m1/s1. The molecule has 0 aliphatic heterocycles. The molecule has 1 amide bonds. The molecule has 1 aromatic carbocycles. The predicted octanol–water partition coefficient (Wildman–Crippen LogP) is 1.90. The Morgan fingerprint density at radius 1 is 1.39 bits per heavy atom. The Morgan fingerprint density at radius 2 is 2.06 bits per heavy atom. The fraction of sp³-hybridized carbons (Fsp3) is 0.533. The van der Waals surface area contributed by atoms with Gasteiger partial charge in [-0.2, -0.15) is 0 Å². The number of aliphatic hydroxyl groups is 1. The van der Waals surface area contributed by atoms with Crippen molar-refractivity contribution >= 4 is 5.91 Å². The maximum atomic E-state index is 11.7. The SMILES string of the molecule is C[C@@](O)(CNC(=O)CCc1ccccc1)C1CC1. The first-order chi connectivity index (χ1) is 8.58. The number of rotatable bonds is 6. The normalized spacial score (nSPS) is 18.1. The second-order valence-electron chi connectivity index (χ2n) is 5.39. The average Bonchev–Trinajstić information content (AvgIpc) is 3.20. The maximum Gasteiger partial charge on any atom is 0.220 e. The molecule has 1 fully saturated rings. The van der Waals surface area contributed by atoms with Crippen LogP contribution >= 0.6 is 0 Å². The smallest absolute Gasteiger partial charge is 0.220 e. The van der Waals surface area contributed by atoms with Crippen LogP contribution in [0.1, 0.15) is 31.7 Å². The summed E-state index contributed by atoms with van der Waals surface area (Å²) < 4.78 is 0. The summed E-state index contributed by atoms with van der Waals surface area (Å²) in [6.45, 7) is 2.17. The summed E-state index contributed by atoms with van der Waals surface area (Å²) in [4.78, 5) is 11.7. The van der Waals surface area contributed by atoms with Gasteiger partial charge in [-0.3, -0.25) is 4.79 Å². The first-order valence-corrected chi connectivity index (χ1v) is 6.61. The fourth-order valence-corrected chi connectivity index (χ4v) is 2.12. The molecule has 18 heavy (non-hydrogen) atoms. The Labute approximate surface area is 108 Å². The van der Waals surface area contributed by atoms with Gasteiger partial charge in [0.05, 0.1) is 5.60 Å². The third-order valence-electron chi connectivity index (χ3n) is 3.58. The van der Waals surface area contributed by atoms with Crippen LogP contribution in [0.4, 0.5) is 0 Å². The van der Waals surface area contributed by atoms with E-state index in [1.165, 1.54) is 5.56 Å². The van der Waals surface area contributed by atoms with Crippen molar-refractivity contribution in [1.82, 2.24) is 5.32 Å². The van der Waals surface area contributed by atoms with E-state index in [0.717, 1.165) is 19.3 Å². The summed E-state index contributed by atoms with van der Waals surface area (Å²) >= 11 is 0. The molecule has 0 bridgehead atoms. The van der Waals surface area contributed by atoms with E-state index in [2.05, 4.69) is 5.32 Å². The molecule has 1 aliphatic rings. The summed E-state index contributed by atoms with van der Waals surface area (Å²) in [5.41, 5.74) is 0.434. The third kappa shape index (κ3) is 3.84. The van der Waals surface area contributed by atoms with Crippen LogP contribution in [0, 0.1) is 5.92 Å². The minimum absolute atomic E-state index is 0.0137. The summed E-state index contributed by atoms with van der Waals surface area (Å²) in [6, 6.07) is 9.97. The minimum atomic E-state index is -0.734. The van der Waals surface area contributed by atoms with Crippen molar-refractivity contribution in [2.45, 2.75) is 38.2 Å².